The van der Waals surface area contributed by atoms with Crippen LogP contribution in [0.15, 0.2) is 99.3 Å². The number of alkyl halides is 3. The normalized spacial score (nSPS) is 17.4. The van der Waals surface area contributed by atoms with Gasteiger partial charge in [-0.2, -0.15) is 18.3 Å². The van der Waals surface area contributed by atoms with E-state index in [2.05, 4.69) is 10.1 Å². The molecule has 35 heavy (non-hydrogen) atoms. The zero-order valence-electron chi connectivity index (χ0n) is 18.5. The van der Waals surface area contributed by atoms with Crippen molar-refractivity contribution in [2.75, 3.05) is 0 Å². The minimum atomic E-state index is -4.72. The van der Waals surface area contributed by atoms with E-state index in [0.717, 1.165) is 22.4 Å². The Morgan fingerprint density at radius 3 is 2.14 bits per heavy atom. The van der Waals surface area contributed by atoms with Crippen LogP contribution in [0.1, 0.15) is 23.3 Å². The van der Waals surface area contributed by atoms with Crippen LogP contribution in [0.3, 0.4) is 0 Å². The van der Waals surface area contributed by atoms with Crippen molar-refractivity contribution >= 4 is 23.4 Å². The second kappa shape index (κ2) is 9.25. The molecule has 3 aromatic rings. The quantitative estimate of drug-likeness (QED) is 0.486. The Bertz CT molecular complexity index is 1240. The molecule has 2 aromatic carbocycles. The summed E-state index contributed by atoms with van der Waals surface area (Å²) in [5, 5.41) is 4.95. The fourth-order valence-corrected chi connectivity index (χ4v) is 4.17. The van der Waals surface area contributed by atoms with Gasteiger partial charge in [-0.3, -0.25) is 9.79 Å². The lowest BCUT2D eigenvalue weighted by Crippen LogP contribution is -2.36. The van der Waals surface area contributed by atoms with Gasteiger partial charge in [0.2, 0.25) is 0 Å². The molecule has 2 aliphatic rings. The minimum Gasteiger partial charge on any atom is -0.464 e. The van der Waals surface area contributed by atoms with Crippen LogP contribution < -0.4 is 0 Å². The summed E-state index contributed by atoms with van der Waals surface area (Å²) in [5.41, 5.74) is 0.625. The molecule has 0 bridgehead atoms. The third kappa shape index (κ3) is 4.75. The molecular formula is C26H21F3N4O2. The summed E-state index contributed by atoms with van der Waals surface area (Å²) in [7, 11) is 0. The van der Waals surface area contributed by atoms with Crippen LogP contribution >= 0.6 is 0 Å². The van der Waals surface area contributed by atoms with Crippen LogP contribution in [0.2, 0.25) is 0 Å². The smallest absolute Gasteiger partial charge is 0.433 e. The first-order valence-electron chi connectivity index (χ1n) is 11.0. The van der Waals surface area contributed by atoms with Crippen LogP contribution in [0.4, 0.5) is 13.2 Å². The fourth-order valence-electron chi connectivity index (χ4n) is 4.17. The molecule has 2 aliphatic heterocycles. The number of carbonyl (C=O) groups excluding carboxylic acids is 1. The number of amides is 1. The van der Waals surface area contributed by atoms with Gasteiger partial charge >= 0.3 is 6.18 Å². The maximum Gasteiger partial charge on any atom is 0.433 e. The number of hydrogen-bond acceptors (Lipinski definition) is 5. The molecule has 0 spiro atoms. The molecule has 1 atom stereocenters. The number of furan rings is 1. The molecule has 0 N–H and O–H groups in total. The zero-order valence-corrected chi connectivity index (χ0v) is 18.5. The Morgan fingerprint density at radius 2 is 1.60 bits per heavy atom. The van der Waals surface area contributed by atoms with E-state index < -0.39 is 23.9 Å². The van der Waals surface area contributed by atoms with Gasteiger partial charge in [0.1, 0.15) is 17.6 Å². The number of halogens is 3. The SMILES string of the molecule is O=C(C1=NN2C(C(F)(F)F)=C(c3ccco3)C=NC2C1)N(Cc1ccccc1)Cc1ccccc1. The number of rotatable bonds is 6. The van der Waals surface area contributed by atoms with E-state index in [9.17, 15) is 18.0 Å². The predicted octanol–water partition coefficient (Wildman–Crippen LogP) is 5.25. The van der Waals surface area contributed by atoms with Crippen LogP contribution in [0.25, 0.3) is 5.57 Å². The number of aliphatic imine (C=N–C) groups is 1. The van der Waals surface area contributed by atoms with Gasteiger partial charge in [0.25, 0.3) is 5.91 Å². The number of nitrogens with zero attached hydrogens (tertiary/aromatic N) is 4. The summed E-state index contributed by atoms with van der Waals surface area (Å²) in [5.74, 6) is -0.396. The van der Waals surface area contributed by atoms with Gasteiger partial charge in [-0.15, -0.1) is 0 Å². The summed E-state index contributed by atoms with van der Waals surface area (Å²) in [6.45, 7) is 0.586. The second-order valence-electron chi connectivity index (χ2n) is 8.22. The molecule has 3 heterocycles. The second-order valence-corrected chi connectivity index (χ2v) is 8.22. The average Bonchev–Trinajstić information content (AvgIpc) is 3.53. The fraction of sp³-hybridized carbons (Fsp3) is 0.192. The predicted molar refractivity (Wildman–Crippen MR) is 125 cm³/mol. The van der Waals surface area contributed by atoms with Gasteiger partial charge in [-0.25, -0.2) is 5.01 Å². The minimum absolute atomic E-state index is 0.0274. The van der Waals surface area contributed by atoms with Crippen molar-refractivity contribution in [3.8, 4) is 0 Å². The van der Waals surface area contributed by atoms with Crippen molar-refractivity contribution < 1.29 is 22.4 Å². The topological polar surface area (TPSA) is 61.4 Å². The highest BCUT2D eigenvalue weighted by Gasteiger charge is 2.48. The van der Waals surface area contributed by atoms with E-state index in [1.54, 1.807) is 4.90 Å². The van der Waals surface area contributed by atoms with Gasteiger partial charge in [-0.05, 0) is 23.3 Å². The van der Waals surface area contributed by atoms with E-state index in [0.29, 0.717) is 13.1 Å². The lowest BCUT2D eigenvalue weighted by Gasteiger charge is -2.29. The largest absolute Gasteiger partial charge is 0.464 e. The van der Waals surface area contributed by atoms with Crippen molar-refractivity contribution in [1.82, 2.24) is 9.91 Å². The third-order valence-corrected chi connectivity index (χ3v) is 5.77. The zero-order chi connectivity index (χ0) is 24.4. The first kappa shape index (κ1) is 22.6. The molecule has 0 radical (unpaired) electrons. The lowest BCUT2D eigenvalue weighted by atomic mass is 10.1. The van der Waals surface area contributed by atoms with Crippen LogP contribution in [0.5, 0.6) is 0 Å². The van der Waals surface area contributed by atoms with E-state index in [4.69, 9.17) is 4.42 Å². The Morgan fingerprint density at radius 1 is 0.971 bits per heavy atom. The van der Waals surface area contributed by atoms with Crippen LogP contribution in [-0.2, 0) is 17.9 Å². The average molecular weight is 478 g/mol. The molecule has 5 rings (SSSR count). The Labute approximate surface area is 199 Å². The highest BCUT2D eigenvalue weighted by atomic mass is 19.4. The highest BCUT2D eigenvalue weighted by Crippen LogP contribution is 2.40. The van der Waals surface area contributed by atoms with Gasteiger partial charge in [0, 0.05) is 25.7 Å². The summed E-state index contributed by atoms with van der Waals surface area (Å²) in [4.78, 5) is 19.4. The van der Waals surface area contributed by atoms with Gasteiger partial charge in [0.05, 0.1) is 11.8 Å². The Balaban J connectivity index is 1.48. The molecule has 1 aromatic heterocycles. The molecule has 178 valence electrons. The van der Waals surface area contributed by atoms with E-state index in [1.807, 2.05) is 60.7 Å². The third-order valence-electron chi connectivity index (χ3n) is 5.77. The maximum absolute atomic E-state index is 14.1. The van der Waals surface area contributed by atoms with Crippen LogP contribution in [0, 0.1) is 0 Å². The summed E-state index contributed by atoms with van der Waals surface area (Å²) < 4.78 is 47.5. The molecular weight excluding hydrogens is 457 g/mol. The number of carbonyl (C=O) groups is 1. The maximum atomic E-state index is 14.1. The first-order valence-corrected chi connectivity index (χ1v) is 11.0. The highest BCUT2D eigenvalue weighted by molar-refractivity contribution is 6.39. The molecule has 0 saturated heterocycles. The number of hydrogen-bond donors (Lipinski definition) is 0. The van der Waals surface area contributed by atoms with Crippen molar-refractivity contribution in [3.63, 3.8) is 0 Å². The standard InChI is InChI=1S/C26H21F3N4O2/c27-26(28,29)24-20(22-12-7-13-35-22)15-30-23-14-21(31-33(23)24)25(34)32(16-18-8-3-1-4-9-18)17-19-10-5-2-6-11-19/h1-13,15,23H,14,16-17H2. The Kier molecular flexibility index (Phi) is 5.98. The molecule has 9 heteroatoms. The van der Waals surface area contributed by atoms with E-state index in [1.165, 1.54) is 18.4 Å². The Hall–Kier alpha value is -4.14. The van der Waals surface area contributed by atoms with Crippen LogP contribution in [-0.4, -0.2) is 40.1 Å². The van der Waals surface area contributed by atoms with Crippen molar-refractivity contribution in [2.45, 2.75) is 31.9 Å². The molecule has 6 nitrogen and oxygen atoms in total. The number of fused-ring (bicyclic) bond motifs is 1. The van der Waals surface area contributed by atoms with E-state index in [-0.39, 0.29) is 23.5 Å². The molecule has 1 unspecified atom stereocenters. The van der Waals surface area contributed by atoms with Gasteiger partial charge in [0.15, 0.2) is 5.70 Å². The van der Waals surface area contributed by atoms with E-state index >= 15 is 0 Å². The molecule has 0 aliphatic carbocycles. The number of hydrazone groups is 1. The summed E-state index contributed by atoms with van der Waals surface area (Å²) in [6, 6.07) is 21.8. The summed E-state index contributed by atoms with van der Waals surface area (Å²) in [6.07, 6.45) is -3.25. The van der Waals surface area contributed by atoms with Crippen molar-refractivity contribution in [3.05, 3.63) is 102 Å². The number of benzene rings is 2. The van der Waals surface area contributed by atoms with Gasteiger partial charge < -0.3 is 9.32 Å². The first-order chi connectivity index (χ1) is 16.9. The lowest BCUT2D eigenvalue weighted by molar-refractivity contribution is -0.125. The monoisotopic (exact) mass is 478 g/mol. The van der Waals surface area contributed by atoms with Gasteiger partial charge in [-0.1, -0.05) is 60.7 Å². The molecule has 0 fully saturated rings. The van der Waals surface area contributed by atoms with Crippen molar-refractivity contribution in [1.29, 1.82) is 0 Å². The molecule has 0 saturated carbocycles. The number of allylic oxidation sites excluding steroid dienone is 2. The van der Waals surface area contributed by atoms with Crippen molar-refractivity contribution in [2.24, 2.45) is 10.1 Å². The summed E-state index contributed by atoms with van der Waals surface area (Å²) >= 11 is 0. The molecule has 1 amide bonds.